The van der Waals surface area contributed by atoms with Gasteiger partial charge in [-0.3, -0.25) is 0 Å². The monoisotopic (exact) mass is 488 g/mol. The summed E-state index contributed by atoms with van der Waals surface area (Å²) in [5.41, 5.74) is 6.18. The molecule has 36 heavy (non-hydrogen) atoms. The average Bonchev–Trinajstić information content (AvgIpc) is 3.70. The Morgan fingerprint density at radius 1 is 0.917 bits per heavy atom. The van der Waals surface area contributed by atoms with Crippen LogP contribution in [0.15, 0.2) is 59.7 Å². The van der Waals surface area contributed by atoms with Crippen molar-refractivity contribution in [2.24, 2.45) is 11.8 Å². The lowest BCUT2D eigenvalue weighted by atomic mass is 9.89. The molecule has 0 heteroatoms. The minimum absolute atomic E-state index is 0.653. The first-order valence-corrected chi connectivity index (χ1v) is 15.1. The van der Waals surface area contributed by atoms with Gasteiger partial charge >= 0.3 is 0 Å². The lowest BCUT2D eigenvalue weighted by molar-refractivity contribution is 0.621. The normalized spacial score (nSPS) is 26.1. The van der Waals surface area contributed by atoms with Gasteiger partial charge in [0.15, 0.2) is 0 Å². The molecule has 2 saturated carbocycles. The molecule has 0 spiro atoms. The van der Waals surface area contributed by atoms with E-state index in [-0.39, 0.29) is 0 Å². The molecule has 4 rings (SSSR count). The molecule has 0 heterocycles. The molecule has 2 fully saturated rings. The Balaban J connectivity index is 0.000000549. The summed E-state index contributed by atoms with van der Waals surface area (Å²) in [7, 11) is 0. The summed E-state index contributed by atoms with van der Waals surface area (Å²) in [4.78, 5) is 0. The van der Waals surface area contributed by atoms with Gasteiger partial charge in [-0.15, -0.1) is 12.3 Å². The van der Waals surface area contributed by atoms with Gasteiger partial charge in [0, 0.05) is 6.42 Å². The number of hydrogen-bond donors (Lipinski definition) is 0. The SMILES string of the molecule is C#CCCC.C1CC1.CC.CCCCc1ccc(C2CCC(C3=C/C(C)C/C=C\C\C(C)=C\3)C2)cc1. The van der Waals surface area contributed by atoms with E-state index in [1.165, 1.54) is 75.3 Å². The molecule has 200 valence electrons. The second-order valence-corrected chi connectivity index (χ2v) is 10.6. The molecule has 0 N–H and O–H groups in total. The predicted molar refractivity (Wildman–Crippen MR) is 163 cm³/mol. The number of allylic oxidation sites excluding steroid dienone is 6. The second kappa shape index (κ2) is 20.1. The third-order valence-corrected chi connectivity index (χ3v) is 6.93. The fraction of sp³-hybridized carbons (Fsp3) is 0.611. The van der Waals surface area contributed by atoms with E-state index in [1.807, 2.05) is 13.8 Å². The highest BCUT2D eigenvalue weighted by Gasteiger charge is 2.28. The fourth-order valence-corrected chi connectivity index (χ4v) is 4.69. The van der Waals surface area contributed by atoms with Crippen LogP contribution in [0.3, 0.4) is 0 Å². The number of benzene rings is 1. The van der Waals surface area contributed by atoms with E-state index < -0.39 is 0 Å². The second-order valence-electron chi connectivity index (χ2n) is 10.6. The summed E-state index contributed by atoms with van der Waals surface area (Å²) in [5, 5.41) is 0. The molecule has 0 amide bonds. The number of aryl methyl sites for hydroxylation is 1. The maximum atomic E-state index is 4.89. The van der Waals surface area contributed by atoms with E-state index in [4.69, 9.17) is 6.42 Å². The van der Waals surface area contributed by atoms with Crippen LogP contribution in [0.5, 0.6) is 0 Å². The van der Waals surface area contributed by atoms with Crippen molar-refractivity contribution >= 4 is 0 Å². The van der Waals surface area contributed by atoms with Crippen molar-refractivity contribution in [1.29, 1.82) is 0 Å². The first-order valence-electron chi connectivity index (χ1n) is 15.1. The Morgan fingerprint density at radius 2 is 1.58 bits per heavy atom. The Hall–Kier alpha value is -2.00. The highest BCUT2D eigenvalue weighted by molar-refractivity contribution is 5.32. The number of terminal acetylenes is 1. The van der Waals surface area contributed by atoms with E-state index in [0.29, 0.717) is 5.92 Å². The summed E-state index contributed by atoms with van der Waals surface area (Å²) in [6.45, 7) is 13.0. The molecule has 3 unspecified atom stereocenters. The summed E-state index contributed by atoms with van der Waals surface area (Å²) in [6, 6.07) is 9.55. The van der Waals surface area contributed by atoms with Gasteiger partial charge in [-0.1, -0.05) is 114 Å². The fourth-order valence-electron chi connectivity index (χ4n) is 4.69. The van der Waals surface area contributed by atoms with Crippen LogP contribution in [0.4, 0.5) is 0 Å². The average molecular weight is 489 g/mol. The third kappa shape index (κ3) is 13.9. The van der Waals surface area contributed by atoms with E-state index in [2.05, 4.69) is 82.2 Å². The number of hydrogen-bond acceptors (Lipinski definition) is 0. The quantitative estimate of drug-likeness (QED) is 0.276. The molecule has 0 bridgehead atoms. The van der Waals surface area contributed by atoms with Gasteiger partial charge in [0.05, 0.1) is 0 Å². The first kappa shape index (κ1) is 32.0. The van der Waals surface area contributed by atoms with Crippen LogP contribution in [-0.2, 0) is 6.42 Å². The summed E-state index contributed by atoms with van der Waals surface area (Å²) in [6.07, 6.45) is 31.3. The molecule has 0 nitrogen and oxygen atoms in total. The molecular weight excluding hydrogens is 432 g/mol. The van der Waals surface area contributed by atoms with Gasteiger partial charge in [0.1, 0.15) is 0 Å². The highest BCUT2D eigenvalue weighted by atomic mass is 14.3. The van der Waals surface area contributed by atoms with Crippen LogP contribution in [0, 0.1) is 24.2 Å². The maximum Gasteiger partial charge on any atom is 0.00834 e. The van der Waals surface area contributed by atoms with Crippen LogP contribution < -0.4 is 0 Å². The zero-order valence-electron chi connectivity index (χ0n) is 24.6. The van der Waals surface area contributed by atoms with Gasteiger partial charge in [0.25, 0.3) is 0 Å². The number of unbranched alkanes of at least 4 members (excludes halogenated alkanes) is 2. The standard InChI is InChI=1S/C26H36.C5H8.C3H6.C2H6/c1-4-5-10-22-11-13-23(14-12-22)24-15-16-25(19-24)26-17-20(2)8-6-7-9-21(3)18-26;1-3-5-4-2;1-2-3-1;1-2/h6-7,11-14,17-18,20,24-25H,4-5,8-10,15-16,19H2,1-3H3;1H,4-5H2,2H3;1-3H2;1-2H3/b7-6-,21-18+,26-17+;;;. The van der Waals surface area contributed by atoms with E-state index in [0.717, 1.165) is 31.1 Å². The van der Waals surface area contributed by atoms with Crippen LogP contribution >= 0.6 is 0 Å². The molecule has 3 aliphatic rings. The maximum absolute atomic E-state index is 4.89. The topological polar surface area (TPSA) is 0 Å². The minimum Gasteiger partial charge on any atom is -0.120 e. The van der Waals surface area contributed by atoms with Gasteiger partial charge in [-0.2, -0.15) is 0 Å². The van der Waals surface area contributed by atoms with Crippen LogP contribution in [0.25, 0.3) is 0 Å². The van der Waals surface area contributed by atoms with Crippen molar-refractivity contribution in [3.05, 3.63) is 70.8 Å². The van der Waals surface area contributed by atoms with Gasteiger partial charge in [-0.25, -0.2) is 0 Å². The number of rotatable bonds is 6. The van der Waals surface area contributed by atoms with Gasteiger partial charge in [-0.05, 0) is 92.7 Å². The molecular formula is C36H56. The third-order valence-electron chi connectivity index (χ3n) is 6.93. The van der Waals surface area contributed by atoms with E-state index in [9.17, 15) is 0 Å². The van der Waals surface area contributed by atoms with Crippen molar-refractivity contribution < 1.29 is 0 Å². The van der Waals surface area contributed by atoms with Gasteiger partial charge in [0.2, 0.25) is 0 Å². The van der Waals surface area contributed by atoms with E-state index in [1.54, 1.807) is 11.1 Å². The molecule has 0 aliphatic heterocycles. The lowest BCUT2D eigenvalue weighted by Gasteiger charge is -2.16. The summed E-state index contributed by atoms with van der Waals surface area (Å²) >= 11 is 0. The van der Waals surface area contributed by atoms with Crippen molar-refractivity contribution in [2.45, 2.75) is 131 Å². The van der Waals surface area contributed by atoms with E-state index >= 15 is 0 Å². The van der Waals surface area contributed by atoms with Gasteiger partial charge < -0.3 is 0 Å². The van der Waals surface area contributed by atoms with Crippen LogP contribution in [0.2, 0.25) is 0 Å². The molecule has 1 aromatic rings. The van der Waals surface area contributed by atoms with Crippen molar-refractivity contribution in [2.75, 3.05) is 0 Å². The smallest absolute Gasteiger partial charge is 0.00834 e. The van der Waals surface area contributed by atoms with Crippen molar-refractivity contribution in [3.8, 4) is 12.3 Å². The molecule has 3 aliphatic carbocycles. The molecule has 1 aromatic carbocycles. The Kier molecular flexibility index (Phi) is 17.9. The zero-order chi connectivity index (χ0) is 26.6. The van der Waals surface area contributed by atoms with Crippen molar-refractivity contribution in [1.82, 2.24) is 0 Å². The lowest BCUT2D eigenvalue weighted by Crippen LogP contribution is -2.02. The molecule has 0 saturated heterocycles. The molecule has 0 radical (unpaired) electrons. The Morgan fingerprint density at radius 3 is 2.14 bits per heavy atom. The summed E-state index contributed by atoms with van der Waals surface area (Å²) in [5.74, 6) is 4.66. The highest BCUT2D eigenvalue weighted by Crippen LogP contribution is 2.43. The largest absolute Gasteiger partial charge is 0.120 e. The Bertz CT molecular complexity index is 806. The first-order chi connectivity index (χ1) is 17.6. The minimum atomic E-state index is 0.653. The summed E-state index contributed by atoms with van der Waals surface area (Å²) < 4.78 is 0. The molecule has 3 atom stereocenters. The zero-order valence-corrected chi connectivity index (χ0v) is 24.6. The molecule has 0 aromatic heterocycles. The Labute approximate surface area is 225 Å². The van der Waals surface area contributed by atoms with Crippen LogP contribution in [0.1, 0.15) is 136 Å². The van der Waals surface area contributed by atoms with Crippen molar-refractivity contribution in [3.63, 3.8) is 0 Å². The van der Waals surface area contributed by atoms with Crippen LogP contribution in [-0.4, -0.2) is 0 Å². The predicted octanol–water partition coefficient (Wildman–Crippen LogP) is 11.4.